The highest BCUT2D eigenvalue weighted by Crippen LogP contribution is 2.09. The Morgan fingerprint density at radius 3 is 2.66 bits per heavy atom. The van der Waals surface area contributed by atoms with Crippen LogP contribution in [0.4, 0.5) is 8.78 Å². The van der Waals surface area contributed by atoms with Crippen LogP contribution in [0.1, 0.15) is 11.1 Å². The van der Waals surface area contributed by atoms with Crippen LogP contribution in [0.5, 0.6) is 0 Å². The number of hydrogen-bond donors (Lipinski definition) is 2. The lowest BCUT2D eigenvalue weighted by Gasteiger charge is -2.17. The number of carbonyl (C=O) groups is 1. The number of halogens is 2. The molecule has 2 aromatic carbocycles. The van der Waals surface area contributed by atoms with Gasteiger partial charge in [0.2, 0.25) is 0 Å². The average molecular weight is 406 g/mol. The van der Waals surface area contributed by atoms with Crippen LogP contribution in [0.2, 0.25) is 0 Å². The molecule has 0 aliphatic carbocycles. The molecule has 6 nitrogen and oxygen atoms in total. The molecule has 0 aliphatic heterocycles. The second-order valence-electron chi connectivity index (χ2n) is 6.36. The molecule has 0 bridgehead atoms. The Balaban J connectivity index is 1.83. The number of carbonyl (C=O) groups excluding carboxylic acids is 1. The van der Waals surface area contributed by atoms with Crippen LogP contribution < -0.4 is 5.32 Å². The van der Waals surface area contributed by atoms with Gasteiger partial charge in [0.15, 0.2) is 0 Å². The van der Waals surface area contributed by atoms with Crippen molar-refractivity contribution < 1.29 is 28.5 Å². The Morgan fingerprint density at radius 1 is 1.21 bits per heavy atom. The highest BCUT2D eigenvalue weighted by molar-refractivity contribution is 5.93. The van der Waals surface area contributed by atoms with Crippen LogP contribution in [-0.4, -0.2) is 42.9 Å². The van der Waals surface area contributed by atoms with E-state index in [1.165, 1.54) is 12.3 Å². The molecular formula is C21H24F2N2O4. The van der Waals surface area contributed by atoms with Crippen molar-refractivity contribution in [2.75, 3.05) is 26.8 Å². The van der Waals surface area contributed by atoms with Crippen molar-refractivity contribution in [2.45, 2.75) is 13.2 Å². The SMILES string of the molecule is CN(/C=C(\COO)C(=O)NCc1ccc(F)cc1F)CCOCc1ccccc1. The van der Waals surface area contributed by atoms with Crippen molar-refractivity contribution in [3.63, 3.8) is 0 Å². The zero-order valence-corrected chi connectivity index (χ0v) is 16.1. The summed E-state index contributed by atoms with van der Waals surface area (Å²) in [4.78, 5) is 18.1. The lowest BCUT2D eigenvalue weighted by molar-refractivity contribution is -0.234. The smallest absolute Gasteiger partial charge is 0.251 e. The predicted octanol–water partition coefficient (Wildman–Crippen LogP) is 3.10. The maximum atomic E-state index is 13.7. The van der Waals surface area contributed by atoms with E-state index in [1.54, 1.807) is 11.9 Å². The standard InChI is InChI=1S/C21H24F2N2O4/c1-25(9-10-28-14-16-5-3-2-4-6-16)13-18(15-29-27)21(26)24-12-17-7-8-19(22)11-20(17)23/h2-8,11,13,27H,9-10,12,14-15H2,1H3,(H,24,26)/b18-13+. The molecule has 0 saturated carbocycles. The molecule has 0 aliphatic rings. The highest BCUT2D eigenvalue weighted by atomic mass is 19.1. The fraction of sp³-hybridized carbons (Fsp3) is 0.286. The third kappa shape index (κ3) is 7.98. The summed E-state index contributed by atoms with van der Waals surface area (Å²) in [7, 11) is 1.75. The van der Waals surface area contributed by atoms with Gasteiger partial charge in [-0.25, -0.2) is 13.7 Å². The minimum absolute atomic E-state index is 0.127. The van der Waals surface area contributed by atoms with E-state index in [4.69, 9.17) is 9.99 Å². The van der Waals surface area contributed by atoms with Gasteiger partial charge in [-0.2, -0.15) is 0 Å². The molecule has 0 heterocycles. The van der Waals surface area contributed by atoms with Gasteiger partial charge in [0, 0.05) is 38.0 Å². The molecule has 2 N–H and O–H groups in total. The first-order valence-electron chi connectivity index (χ1n) is 9.00. The van der Waals surface area contributed by atoms with E-state index in [0.717, 1.165) is 17.7 Å². The molecule has 8 heteroatoms. The van der Waals surface area contributed by atoms with Gasteiger partial charge in [-0.05, 0) is 11.6 Å². The number of rotatable bonds is 11. The van der Waals surface area contributed by atoms with Crippen molar-refractivity contribution in [3.8, 4) is 0 Å². The predicted molar refractivity (Wildman–Crippen MR) is 104 cm³/mol. The Morgan fingerprint density at radius 2 is 1.97 bits per heavy atom. The summed E-state index contributed by atoms with van der Waals surface area (Å²) >= 11 is 0. The zero-order chi connectivity index (χ0) is 21.1. The van der Waals surface area contributed by atoms with Crippen molar-refractivity contribution >= 4 is 5.91 Å². The second-order valence-corrected chi connectivity index (χ2v) is 6.36. The minimum atomic E-state index is -0.748. The molecule has 0 saturated heterocycles. The topological polar surface area (TPSA) is 71.0 Å². The lowest BCUT2D eigenvalue weighted by atomic mass is 10.2. The maximum Gasteiger partial charge on any atom is 0.251 e. The van der Waals surface area contributed by atoms with E-state index < -0.39 is 17.5 Å². The van der Waals surface area contributed by atoms with Gasteiger partial charge in [-0.15, -0.1) is 0 Å². The van der Waals surface area contributed by atoms with Crippen LogP contribution in [0.3, 0.4) is 0 Å². The van der Waals surface area contributed by atoms with Crippen molar-refractivity contribution in [2.24, 2.45) is 0 Å². The Labute approximate surface area is 168 Å². The second kappa shape index (κ2) is 11.9. The number of nitrogens with one attached hydrogen (secondary N) is 1. The molecule has 156 valence electrons. The molecule has 29 heavy (non-hydrogen) atoms. The zero-order valence-electron chi connectivity index (χ0n) is 16.1. The number of amides is 1. The van der Waals surface area contributed by atoms with Gasteiger partial charge in [0.05, 0.1) is 18.8 Å². The van der Waals surface area contributed by atoms with E-state index in [1.807, 2.05) is 30.3 Å². The normalized spacial score (nSPS) is 11.4. The molecule has 0 aromatic heterocycles. The van der Waals surface area contributed by atoms with E-state index in [2.05, 4.69) is 10.2 Å². The third-order valence-electron chi connectivity index (χ3n) is 4.04. The van der Waals surface area contributed by atoms with Crippen LogP contribution in [-0.2, 0) is 27.6 Å². The first-order valence-corrected chi connectivity index (χ1v) is 9.00. The molecule has 0 fully saturated rings. The molecule has 2 rings (SSSR count). The quantitative estimate of drug-likeness (QED) is 0.260. The molecule has 0 atom stereocenters. The number of benzene rings is 2. The molecule has 2 aromatic rings. The van der Waals surface area contributed by atoms with Crippen molar-refractivity contribution in [1.29, 1.82) is 0 Å². The lowest BCUT2D eigenvalue weighted by Crippen LogP contribution is -2.29. The fourth-order valence-corrected chi connectivity index (χ4v) is 2.49. The minimum Gasteiger partial charge on any atom is -0.378 e. The average Bonchev–Trinajstić information content (AvgIpc) is 2.71. The Kier molecular flexibility index (Phi) is 9.23. The number of nitrogens with zero attached hydrogens (tertiary/aromatic N) is 1. The monoisotopic (exact) mass is 406 g/mol. The van der Waals surface area contributed by atoms with Crippen LogP contribution in [0.25, 0.3) is 0 Å². The summed E-state index contributed by atoms with van der Waals surface area (Å²) in [6.45, 7) is 0.943. The van der Waals surface area contributed by atoms with Crippen LogP contribution in [0, 0.1) is 11.6 Å². The summed E-state index contributed by atoms with van der Waals surface area (Å²) in [5, 5.41) is 11.3. The summed E-state index contributed by atoms with van der Waals surface area (Å²) in [6.07, 6.45) is 1.51. The van der Waals surface area contributed by atoms with Gasteiger partial charge in [-0.3, -0.25) is 10.1 Å². The third-order valence-corrected chi connectivity index (χ3v) is 4.04. The number of ether oxygens (including phenoxy) is 1. The number of likely N-dealkylation sites (N-methyl/N-ethyl adjacent to an activating group) is 1. The summed E-state index contributed by atoms with van der Waals surface area (Å²) in [6, 6.07) is 12.9. The van der Waals surface area contributed by atoms with Crippen LogP contribution in [0.15, 0.2) is 60.3 Å². The Bertz CT molecular complexity index is 816. The van der Waals surface area contributed by atoms with Gasteiger partial charge in [-0.1, -0.05) is 36.4 Å². The maximum absolute atomic E-state index is 13.7. The summed E-state index contributed by atoms with van der Waals surface area (Å²) in [5.41, 5.74) is 1.35. The van der Waals surface area contributed by atoms with Gasteiger partial charge in [0.25, 0.3) is 5.91 Å². The number of hydrogen-bond acceptors (Lipinski definition) is 5. The van der Waals surface area contributed by atoms with E-state index in [9.17, 15) is 13.6 Å². The van der Waals surface area contributed by atoms with Gasteiger partial charge < -0.3 is 15.0 Å². The highest BCUT2D eigenvalue weighted by Gasteiger charge is 2.12. The molecule has 1 amide bonds. The largest absolute Gasteiger partial charge is 0.378 e. The Hall–Kier alpha value is -2.81. The van der Waals surface area contributed by atoms with Crippen molar-refractivity contribution in [1.82, 2.24) is 10.2 Å². The van der Waals surface area contributed by atoms with E-state index in [0.29, 0.717) is 19.8 Å². The van der Waals surface area contributed by atoms with E-state index >= 15 is 0 Å². The van der Waals surface area contributed by atoms with Crippen LogP contribution >= 0.6 is 0 Å². The van der Waals surface area contributed by atoms with Crippen molar-refractivity contribution in [3.05, 3.63) is 83.1 Å². The molecule has 0 radical (unpaired) electrons. The molecule has 0 unspecified atom stereocenters. The first-order chi connectivity index (χ1) is 14.0. The van der Waals surface area contributed by atoms with Gasteiger partial charge in [0.1, 0.15) is 18.2 Å². The molecular weight excluding hydrogens is 382 g/mol. The summed E-state index contributed by atoms with van der Waals surface area (Å²) < 4.78 is 32.2. The van der Waals surface area contributed by atoms with Gasteiger partial charge >= 0.3 is 0 Å². The first kappa shape index (κ1) is 22.5. The fourth-order valence-electron chi connectivity index (χ4n) is 2.49. The molecule has 0 spiro atoms. The van der Waals surface area contributed by atoms with E-state index in [-0.39, 0.29) is 24.3 Å². The summed E-state index contributed by atoms with van der Waals surface area (Å²) in [5.74, 6) is -1.98.